The van der Waals surface area contributed by atoms with Gasteiger partial charge < -0.3 is 15.9 Å². The minimum Gasteiger partial charge on any atom is -0.397 e. The van der Waals surface area contributed by atoms with Crippen LogP contribution in [0.1, 0.15) is 12.1 Å². The number of hydrogen-bond acceptors (Lipinski definition) is 9. The van der Waals surface area contributed by atoms with Gasteiger partial charge in [-0.2, -0.15) is 0 Å². The van der Waals surface area contributed by atoms with Crippen molar-refractivity contribution in [1.82, 2.24) is 15.6 Å². The van der Waals surface area contributed by atoms with Gasteiger partial charge in [0.25, 0.3) is 0 Å². The number of nitrogens with zero attached hydrogens (tertiary/aromatic N) is 5. The predicted molar refractivity (Wildman–Crippen MR) is 109 cm³/mol. The van der Waals surface area contributed by atoms with Crippen LogP contribution in [0.25, 0.3) is 0 Å². The highest BCUT2D eigenvalue weighted by atomic mass is 79.9. The average molecular weight is 485 g/mol. The van der Waals surface area contributed by atoms with Crippen LogP contribution in [0.5, 0.6) is 0 Å². The van der Waals surface area contributed by atoms with Crippen LogP contribution in [0.3, 0.4) is 0 Å². The van der Waals surface area contributed by atoms with Gasteiger partial charge in [-0.15, -0.1) is 0 Å². The summed E-state index contributed by atoms with van der Waals surface area (Å²) < 4.78 is 18.5. The van der Waals surface area contributed by atoms with Crippen molar-refractivity contribution in [2.45, 2.75) is 6.42 Å². The standard InChI is InChI=1S/C16H18BrFN8O4/c1-29-25-15(26(9-28)10-3-4-12(18)11(17)7-10)13-14(24-30-23-13)20-5-2-6-21-16(19)22-8-27/h3-4,7-9H,2,5-6H2,1H3,(H,20,24)(H3,19,21,22,27)/b25-15-. The maximum atomic E-state index is 13.6. The van der Waals surface area contributed by atoms with E-state index in [1.54, 1.807) is 0 Å². The molecule has 1 aromatic carbocycles. The number of aliphatic imine (C=N–C) groups is 1. The van der Waals surface area contributed by atoms with Gasteiger partial charge in [0, 0.05) is 13.1 Å². The highest BCUT2D eigenvalue weighted by Crippen LogP contribution is 2.25. The number of rotatable bonds is 10. The summed E-state index contributed by atoms with van der Waals surface area (Å²) >= 11 is 3.07. The van der Waals surface area contributed by atoms with E-state index in [0.29, 0.717) is 38.0 Å². The van der Waals surface area contributed by atoms with Crippen molar-refractivity contribution < 1.29 is 23.4 Å². The molecule has 160 valence electrons. The lowest BCUT2D eigenvalue weighted by Crippen LogP contribution is -2.31. The highest BCUT2D eigenvalue weighted by molar-refractivity contribution is 9.10. The molecule has 1 aromatic heterocycles. The van der Waals surface area contributed by atoms with Crippen LogP contribution in [-0.4, -0.2) is 55.1 Å². The van der Waals surface area contributed by atoms with Crippen molar-refractivity contribution in [3.05, 3.63) is 34.2 Å². The molecule has 2 rings (SSSR count). The average Bonchev–Trinajstić information content (AvgIpc) is 3.18. The number of amides is 2. The lowest BCUT2D eigenvalue weighted by molar-refractivity contribution is -0.108. The maximum absolute atomic E-state index is 13.6. The smallest absolute Gasteiger partial charge is 0.220 e. The number of hydrogen-bond donors (Lipinski definition) is 3. The van der Waals surface area contributed by atoms with Crippen LogP contribution < -0.4 is 21.3 Å². The van der Waals surface area contributed by atoms with Crippen molar-refractivity contribution in [2.75, 3.05) is 30.4 Å². The van der Waals surface area contributed by atoms with E-state index in [1.807, 2.05) is 0 Å². The monoisotopic (exact) mass is 484 g/mol. The van der Waals surface area contributed by atoms with E-state index in [9.17, 15) is 14.0 Å². The van der Waals surface area contributed by atoms with E-state index < -0.39 is 5.82 Å². The van der Waals surface area contributed by atoms with Gasteiger partial charge in [-0.05, 0) is 50.9 Å². The van der Waals surface area contributed by atoms with Gasteiger partial charge in [0.15, 0.2) is 11.7 Å². The number of carbonyl (C=O) groups excluding carboxylic acids is 2. The Hall–Kier alpha value is -3.55. The van der Waals surface area contributed by atoms with Crippen molar-refractivity contribution >= 4 is 52.1 Å². The molecule has 2 aromatic rings. The fourth-order valence-corrected chi connectivity index (χ4v) is 2.57. The summed E-state index contributed by atoms with van der Waals surface area (Å²) in [5, 5.41) is 16.6. The molecule has 0 radical (unpaired) electrons. The molecule has 12 nitrogen and oxygen atoms in total. The predicted octanol–water partition coefficient (Wildman–Crippen LogP) is 0.805. The molecule has 30 heavy (non-hydrogen) atoms. The molecule has 0 aliphatic carbocycles. The zero-order chi connectivity index (χ0) is 21.9. The third-order valence-electron chi connectivity index (χ3n) is 3.51. The fourth-order valence-electron chi connectivity index (χ4n) is 2.20. The molecule has 2 amide bonds. The van der Waals surface area contributed by atoms with Crippen molar-refractivity contribution in [3.63, 3.8) is 0 Å². The summed E-state index contributed by atoms with van der Waals surface area (Å²) in [6.07, 6.45) is 1.43. The Morgan fingerprint density at radius 2 is 2.23 bits per heavy atom. The Morgan fingerprint density at radius 3 is 2.90 bits per heavy atom. The molecule has 4 N–H and O–H groups in total. The Kier molecular flexibility index (Phi) is 8.68. The minimum atomic E-state index is -0.494. The molecule has 0 bridgehead atoms. The van der Waals surface area contributed by atoms with Crippen LogP contribution in [0.4, 0.5) is 15.9 Å². The number of aromatic nitrogens is 2. The molecule has 0 fully saturated rings. The molecule has 0 atom stereocenters. The summed E-state index contributed by atoms with van der Waals surface area (Å²) in [6.45, 7) is 0.728. The van der Waals surface area contributed by atoms with Gasteiger partial charge in [0.1, 0.15) is 12.9 Å². The molecular formula is C16H18BrFN8O4. The first kappa shape index (κ1) is 22.7. The topological polar surface area (TPSA) is 160 Å². The number of amidine groups is 1. The van der Waals surface area contributed by atoms with E-state index in [1.165, 1.54) is 25.3 Å². The van der Waals surface area contributed by atoms with E-state index in [0.717, 1.165) is 4.90 Å². The number of guanidine groups is 1. The Bertz CT molecular complexity index is 936. The van der Waals surface area contributed by atoms with Gasteiger partial charge in [0.05, 0.1) is 10.2 Å². The molecule has 0 aliphatic rings. The highest BCUT2D eigenvalue weighted by Gasteiger charge is 2.25. The second-order valence-electron chi connectivity index (χ2n) is 5.44. The second kappa shape index (κ2) is 11.5. The van der Waals surface area contributed by atoms with Crippen LogP contribution in [-0.2, 0) is 14.4 Å². The summed E-state index contributed by atoms with van der Waals surface area (Å²) in [6, 6.07) is 3.97. The van der Waals surface area contributed by atoms with Crippen molar-refractivity contribution in [1.29, 1.82) is 0 Å². The lowest BCUT2D eigenvalue weighted by Gasteiger charge is -2.18. The van der Waals surface area contributed by atoms with Gasteiger partial charge in [-0.3, -0.25) is 24.8 Å². The molecule has 0 saturated carbocycles. The second-order valence-corrected chi connectivity index (χ2v) is 6.30. The first-order valence-electron chi connectivity index (χ1n) is 8.39. The molecular weight excluding hydrogens is 467 g/mol. The van der Waals surface area contributed by atoms with Crippen LogP contribution in [0.15, 0.2) is 37.4 Å². The largest absolute Gasteiger partial charge is 0.397 e. The van der Waals surface area contributed by atoms with E-state index in [4.69, 9.17) is 15.2 Å². The van der Waals surface area contributed by atoms with Gasteiger partial charge in [0.2, 0.25) is 24.5 Å². The number of oxime groups is 1. The zero-order valence-electron chi connectivity index (χ0n) is 15.7. The molecule has 0 aliphatic heterocycles. The van der Waals surface area contributed by atoms with Crippen LogP contribution >= 0.6 is 15.9 Å². The van der Waals surface area contributed by atoms with Gasteiger partial charge in [-0.1, -0.05) is 5.16 Å². The fraction of sp³-hybridized carbons (Fsp3) is 0.250. The Labute approximate surface area is 178 Å². The molecule has 14 heteroatoms. The number of halogens is 2. The summed E-state index contributed by atoms with van der Waals surface area (Å²) in [4.78, 5) is 31.9. The van der Waals surface area contributed by atoms with E-state index >= 15 is 0 Å². The Balaban J connectivity index is 2.17. The Morgan fingerprint density at radius 1 is 1.43 bits per heavy atom. The van der Waals surface area contributed by atoms with E-state index in [-0.39, 0.29) is 27.8 Å². The minimum absolute atomic E-state index is 0.00962. The quantitative estimate of drug-likeness (QED) is 0.147. The molecule has 0 unspecified atom stereocenters. The maximum Gasteiger partial charge on any atom is 0.220 e. The summed E-state index contributed by atoms with van der Waals surface area (Å²) in [5.41, 5.74) is 5.83. The summed E-state index contributed by atoms with van der Waals surface area (Å²) in [5.74, 6) is -0.323. The molecule has 1 heterocycles. The third kappa shape index (κ3) is 5.97. The third-order valence-corrected chi connectivity index (χ3v) is 4.12. The van der Waals surface area contributed by atoms with Gasteiger partial charge >= 0.3 is 0 Å². The zero-order valence-corrected chi connectivity index (χ0v) is 17.3. The number of anilines is 2. The number of carbonyl (C=O) groups is 2. The van der Waals surface area contributed by atoms with Gasteiger partial charge in [-0.25, -0.2) is 9.02 Å². The summed E-state index contributed by atoms with van der Waals surface area (Å²) in [7, 11) is 1.29. The number of nitrogens with one attached hydrogen (secondary N) is 2. The normalized spacial score (nSPS) is 11.7. The van der Waals surface area contributed by atoms with Crippen molar-refractivity contribution in [2.24, 2.45) is 15.9 Å². The van der Waals surface area contributed by atoms with Crippen LogP contribution in [0, 0.1) is 5.82 Å². The van der Waals surface area contributed by atoms with Crippen molar-refractivity contribution in [3.8, 4) is 0 Å². The van der Waals surface area contributed by atoms with E-state index in [2.05, 4.69) is 47.0 Å². The first-order valence-corrected chi connectivity index (χ1v) is 9.18. The SMILES string of the molecule is CO/N=C(/c1nonc1NCCCN=C(N)NC=O)N(C=O)c1ccc(F)c(Br)c1. The number of nitrogens with two attached hydrogens (primary N) is 1. The molecule has 0 saturated heterocycles. The van der Waals surface area contributed by atoms with Crippen LogP contribution in [0.2, 0.25) is 0 Å². The first-order chi connectivity index (χ1) is 14.5. The number of benzene rings is 1. The molecule has 0 spiro atoms. The lowest BCUT2D eigenvalue weighted by atomic mass is 10.2.